The molecule has 0 aromatic carbocycles. The van der Waals surface area contributed by atoms with Crippen LogP contribution in [-0.4, -0.2) is 38.7 Å². The van der Waals surface area contributed by atoms with Crippen LogP contribution in [0.5, 0.6) is 0 Å². The molecule has 1 fully saturated rings. The summed E-state index contributed by atoms with van der Waals surface area (Å²) >= 11 is 0. The second-order valence-corrected chi connectivity index (χ2v) is 7.14. The Balaban J connectivity index is 2.55. The number of hydrogen-bond donors (Lipinski definition) is 1. The van der Waals surface area contributed by atoms with Crippen LogP contribution in [0.15, 0.2) is 0 Å². The van der Waals surface area contributed by atoms with Crippen LogP contribution in [0.4, 0.5) is 13.2 Å². The molecule has 1 heterocycles. The Labute approximate surface area is 106 Å². The van der Waals surface area contributed by atoms with Crippen molar-refractivity contribution in [3.63, 3.8) is 0 Å². The summed E-state index contributed by atoms with van der Waals surface area (Å²) in [5.74, 6) is 0.162. The van der Waals surface area contributed by atoms with E-state index in [0.717, 1.165) is 6.42 Å². The Hall–Kier alpha value is -0.300. The fourth-order valence-corrected chi connectivity index (χ4v) is 4.68. The van der Waals surface area contributed by atoms with E-state index >= 15 is 0 Å². The number of alkyl halides is 3. The van der Waals surface area contributed by atoms with Crippen LogP contribution in [0.25, 0.3) is 0 Å². The molecule has 1 N–H and O–H groups in total. The lowest BCUT2D eigenvalue weighted by Gasteiger charge is -2.30. The molecule has 0 aliphatic carbocycles. The van der Waals surface area contributed by atoms with Crippen molar-refractivity contribution in [1.29, 1.82) is 0 Å². The number of hydrogen-bond acceptors (Lipinski definition) is 3. The average Bonchev–Trinajstić information content (AvgIpc) is 2.23. The lowest BCUT2D eigenvalue weighted by atomic mass is 10.0. The minimum atomic E-state index is -4.16. The van der Waals surface area contributed by atoms with Crippen molar-refractivity contribution in [2.45, 2.75) is 56.0 Å². The predicted molar refractivity (Wildman–Crippen MR) is 64.2 cm³/mol. The van der Waals surface area contributed by atoms with Gasteiger partial charge in [0.05, 0.1) is 11.0 Å². The lowest BCUT2D eigenvalue weighted by molar-refractivity contribution is -0.135. The molecule has 0 bridgehead atoms. The Kier molecular flexibility index (Phi) is 5.46. The van der Waals surface area contributed by atoms with Crippen molar-refractivity contribution in [3.8, 4) is 0 Å². The standard InChI is InChI=1S/C11H20F3NO2S/c1-15-9(5-4-7-11(12,13)14)10-6-2-3-8-18(10,16)17/h9-10,15H,2-8H2,1H3. The summed E-state index contributed by atoms with van der Waals surface area (Å²) in [6.07, 6.45) is -2.73. The van der Waals surface area contributed by atoms with E-state index in [1.54, 1.807) is 7.05 Å². The summed E-state index contributed by atoms with van der Waals surface area (Å²) in [5.41, 5.74) is 0. The minimum Gasteiger partial charge on any atom is -0.316 e. The third-order valence-electron chi connectivity index (χ3n) is 3.42. The number of halogens is 3. The topological polar surface area (TPSA) is 46.2 Å². The van der Waals surface area contributed by atoms with Crippen LogP contribution in [0.2, 0.25) is 0 Å². The van der Waals surface area contributed by atoms with Crippen molar-refractivity contribution >= 4 is 9.84 Å². The molecule has 0 aromatic heterocycles. The van der Waals surface area contributed by atoms with Crippen molar-refractivity contribution in [3.05, 3.63) is 0 Å². The lowest BCUT2D eigenvalue weighted by Crippen LogP contribution is -2.45. The maximum absolute atomic E-state index is 12.1. The number of sulfone groups is 1. The van der Waals surface area contributed by atoms with Crippen molar-refractivity contribution in [2.75, 3.05) is 12.8 Å². The monoisotopic (exact) mass is 287 g/mol. The highest BCUT2D eigenvalue weighted by atomic mass is 32.2. The van der Waals surface area contributed by atoms with Crippen LogP contribution in [0.1, 0.15) is 38.5 Å². The van der Waals surface area contributed by atoms with Gasteiger partial charge in [-0.05, 0) is 32.7 Å². The van der Waals surface area contributed by atoms with Gasteiger partial charge in [-0.1, -0.05) is 6.42 Å². The van der Waals surface area contributed by atoms with E-state index in [0.29, 0.717) is 12.8 Å². The van der Waals surface area contributed by atoms with Gasteiger partial charge in [-0.15, -0.1) is 0 Å². The zero-order valence-electron chi connectivity index (χ0n) is 10.5. The van der Waals surface area contributed by atoms with Gasteiger partial charge >= 0.3 is 6.18 Å². The van der Waals surface area contributed by atoms with Gasteiger partial charge in [0.15, 0.2) is 9.84 Å². The molecular weight excluding hydrogens is 267 g/mol. The molecule has 0 spiro atoms. The summed E-state index contributed by atoms with van der Waals surface area (Å²) in [4.78, 5) is 0. The molecule has 7 heteroatoms. The Morgan fingerprint density at radius 2 is 2.00 bits per heavy atom. The molecule has 108 valence electrons. The highest BCUT2D eigenvalue weighted by Crippen LogP contribution is 2.27. The van der Waals surface area contributed by atoms with E-state index in [-0.39, 0.29) is 24.6 Å². The predicted octanol–water partition coefficient (Wildman–Crippen LogP) is 2.27. The van der Waals surface area contributed by atoms with Gasteiger partial charge in [-0.25, -0.2) is 8.42 Å². The number of nitrogens with one attached hydrogen (secondary N) is 1. The molecule has 0 amide bonds. The minimum absolute atomic E-state index is 0.0268. The first-order chi connectivity index (χ1) is 8.26. The molecule has 0 aromatic rings. The first-order valence-corrected chi connectivity index (χ1v) is 7.93. The zero-order valence-corrected chi connectivity index (χ0v) is 11.3. The summed E-state index contributed by atoms with van der Waals surface area (Å²) in [6, 6.07) is -0.363. The largest absolute Gasteiger partial charge is 0.389 e. The van der Waals surface area contributed by atoms with E-state index in [2.05, 4.69) is 5.32 Å². The molecule has 18 heavy (non-hydrogen) atoms. The van der Waals surface area contributed by atoms with Crippen LogP contribution in [0, 0.1) is 0 Å². The highest BCUT2D eigenvalue weighted by Gasteiger charge is 2.35. The van der Waals surface area contributed by atoms with Crippen LogP contribution in [0.3, 0.4) is 0 Å². The van der Waals surface area contributed by atoms with Crippen molar-refractivity contribution in [1.82, 2.24) is 5.32 Å². The molecule has 3 nitrogen and oxygen atoms in total. The Morgan fingerprint density at radius 1 is 1.33 bits per heavy atom. The van der Waals surface area contributed by atoms with Crippen LogP contribution >= 0.6 is 0 Å². The van der Waals surface area contributed by atoms with Gasteiger partial charge in [0, 0.05) is 12.5 Å². The Morgan fingerprint density at radius 3 is 2.50 bits per heavy atom. The summed E-state index contributed by atoms with van der Waals surface area (Å²) in [5, 5.41) is 2.34. The summed E-state index contributed by atoms with van der Waals surface area (Å²) in [7, 11) is -1.53. The van der Waals surface area contributed by atoms with Gasteiger partial charge in [-0.3, -0.25) is 0 Å². The first-order valence-electron chi connectivity index (χ1n) is 6.22. The van der Waals surface area contributed by atoms with Gasteiger partial charge in [0.2, 0.25) is 0 Å². The van der Waals surface area contributed by atoms with E-state index in [9.17, 15) is 21.6 Å². The van der Waals surface area contributed by atoms with Crippen LogP contribution < -0.4 is 5.32 Å². The third kappa shape index (κ3) is 4.76. The number of rotatable bonds is 5. The van der Waals surface area contributed by atoms with Gasteiger partial charge in [-0.2, -0.15) is 13.2 Å². The zero-order chi connectivity index (χ0) is 13.8. The SMILES string of the molecule is CNC(CCCC(F)(F)F)C1CCCCS1(=O)=O. The maximum Gasteiger partial charge on any atom is 0.389 e. The quantitative estimate of drug-likeness (QED) is 0.844. The second kappa shape index (κ2) is 6.23. The highest BCUT2D eigenvalue weighted by molar-refractivity contribution is 7.92. The van der Waals surface area contributed by atoms with E-state index < -0.39 is 27.7 Å². The second-order valence-electron chi connectivity index (χ2n) is 4.80. The molecule has 1 aliphatic rings. The summed E-state index contributed by atoms with van der Waals surface area (Å²) in [6.45, 7) is 0. The van der Waals surface area contributed by atoms with Crippen LogP contribution in [-0.2, 0) is 9.84 Å². The van der Waals surface area contributed by atoms with Crippen molar-refractivity contribution in [2.24, 2.45) is 0 Å². The smallest absolute Gasteiger partial charge is 0.316 e. The average molecular weight is 287 g/mol. The first kappa shape index (κ1) is 15.8. The normalized spacial score (nSPS) is 25.9. The fourth-order valence-electron chi connectivity index (χ4n) is 2.47. The van der Waals surface area contributed by atoms with Gasteiger partial charge in [0.1, 0.15) is 0 Å². The molecule has 2 unspecified atom stereocenters. The maximum atomic E-state index is 12.1. The molecule has 2 atom stereocenters. The molecule has 0 radical (unpaired) electrons. The van der Waals surface area contributed by atoms with Gasteiger partial charge in [0.25, 0.3) is 0 Å². The van der Waals surface area contributed by atoms with Gasteiger partial charge < -0.3 is 5.32 Å². The van der Waals surface area contributed by atoms with E-state index in [1.807, 2.05) is 0 Å². The van der Waals surface area contributed by atoms with E-state index in [4.69, 9.17) is 0 Å². The summed E-state index contributed by atoms with van der Waals surface area (Å²) < 4.78 is 60.0. The molecule has 1 saturated heterocycles. The third-order valence-corrected chi connectivity index (χ3v) is 5.77. The molecule has 1 rings (SSSR count). The van der Waals surface area contributed by atoms with Crippen molar-refractivity contribution < 1.29 is 21.6 Å². The molecule has 1 aliphatic heterocycles. The molecule has 0 saturated carbocycles. The molecular formula is C11H20F3NO2S. The Bertz CT molecular complexity index is 354. The fraction of sp³-hybridized carbons (Fsp3) is 1.00. The van der Waals surface area contributed by atoms with E-state index in [1.165, 1.54) is 0 Å².